The predicted molar refractivity (Wildman–Crippen MR) is 74.4 cm³/mol. The Hall–Kier alpha value is -1.22. The standard InChI is InChI=1S/C11H16N4O2S2/c1-8-11(3-10(18-8)6-12-2)19(16,17)15-5-9-4-13-7-14-9/h3-4,7,12,15H,5-6H2,1-2H3,(H,13,14). The lowest BCUT2D eigenvalue weighted by atomic mass is 10.4. The van der Waals surface area contributed by atoms with Gasteiger partial charge in [0.05, 0.1) is 17.8 Å². The fraction of sp³-hybridized carbons (Fsp3) is 0.364. The summed E-state index contributed by atoms with van der Waals surface area (Å²) in [7, 11) is -1.65. The molecule has 0 aliphatic carbocycles. The molecule has 0 unspecified atom stereocenters. The summed E-state index contributed by atoms with van der Waals surface area (Å²) < 4.78 is 27.0. The fourth-order valence-corrected chi connectivity index (χ4v) is 4.34. The molecule has 0 amide bonds. The van der Waals surface area contributed by atoms with Crippen LogP contribution >= 0.6 is 11.3 Å². The molecule has 2 aromatic heterocycles. The van der Waals surface area contributed by atoms with E-state index in [1.165, 1.54) is 17.7 Å². The van der Waals surface area contributed by atoms with E-state index in [4.69, 9.17) is 0 Å². The van der Waals surface area contributed by atoms with Crippen LogP contribution in [0.1, 0.15) is 15.4 Å². The average Bonchev–Trinajstić information content (AvgIpc) is 2.97. The van der Waals surface area contributed by atoms with Crippen molar-refractivity contribution in [1.29, 1.82) is 0 Å². The Kier molecular flexibility index (Phi) is 4.35. The van der Waals surface area contributed by atoms with Gasteiger partial charge in [-0.1, -0.05) is 0 Å². The molecule has 8 heteroatoms. The quantitative estimate of drug-likeness (QED) is 0.742. The highest BCUT2D eigenvalue weighted by Gasteiger charge is 2.19. The Morgan fingerprint density at radius 1 is 1.42 bits per heavy atom. The first kappa shape index (κ1) is 14.2. The van der Waals surface area contributed by atoms with Crippen LogP contribution < -0.4 is 10.0 Å². The number of imidazole rings is 1. The molecule has 0 saturated heterocycles. The normalized spacial score (nSPS) is 11.9. The maximum Gasteiger partial charge on any atom is 0.242 e. The van der Waals surface area contributed by atoms with Crippen LogP contribution in [0.15, 0.2) is 23.5 Å². The van der Waals surface area contributed by atoms with Gasteiger partial charge in [0, 0.05) is 28.2 Å². The summed E-state index contributed by atoms with van der Waals surface area (Å²) in [6.07, 6.45) is 3.11. The second-order valence-electron chi connectivity index (χ2n) is 4.06. The molecule has 0 saturated carbocycles. The Bertz CT molecular complexity index is 632. The molecule has 0 aliphatic heterocycles. The van der Waals surface area contributed by atoms with Gasteiger partial charge in [-0.3, -0.25) is 0 Å². The average molecular weight is 300 g/mol. The number of aromatic nitrogens is 2. The van der Waals surface area contributed by atoms with E-state index in [2.05, 4.69) is 20.0 Å². The number of rotatable bonds is 6. The lowest BCUT2D eigenvalue weighted by Gasteiger charge is -2.04. The molecule has 0 spiro atoms. The van der Waals surface area contributed by atoms with E-state index in [0.29, 0.717) is 11.4 Å². The van der Waals surface area contributed by atoms with E-state index in [9.17, 15) is 8.42 Å². The zero-order chi connectivity index (χ0) is 13.9. The van der Waals surface area contributed by atoms with Crippen molar-refractivity contribution < 1.29 is 8.42 Å². The van der Waals surface area contributed by atoms with Crippen LogP contribution in [0.4, 0.5) is 0 Å². The van der Waals surface area contributed by atoms with Crippen molar-refractivity contribution >= 4 is 21.4 Å². The largest absolute Gasteiger partial charge is 0.347 e. The number of aromatic amines is 1. The smallest absolute Gasteiger partial charge is 0.242 e. The number of nitrogens with one attached hydrogen (secondary N) is 3. The molecule has 104 valence electrons. The zero-order valence-electron chi connectivity index (χ0n) is 10.7. The highest BCUT2D eigenvalue weighted by atomic mass is 32.2. The van der Waals surface area contributed by atoms with Gasteiger partial charge in [0.25, 0.3) is 0 Å². The third-order valence-electron chi connectivity index (χ3n) is 2.57. The van der Waals surface area contributed by atoms with Crippen LogP contribution in [-0.2, 0) is 23.1 Å². The zero-order valence-corrected chi connectivity index (χ0v) is 12.4. The van der Waals surface area contributed by atoms with Gasteiger partial charge in [0.2, 0.25) is 10.0 Å². The monoisotopic (exact) mass is 300 g/mol. The van der Waals surface area contributed by atoms with Crippen LogP contribution in [-0.4, -0.2) is 25.4 Å². The van der Waals surface area contributed by atoms with Gasteiger partial charge in [-0.2, -0.15) is 0 Å². The van der Waals surface area contributed by atoms with E-state index in [1.54, 1.807) is 12.3 Å². The molecule has 6 nitrogen and oxygen atoms in total. The molecule has 0 aliphatic rings. The molecule has 2 rings (SSSR count). The summed E-state index contributed by atoms with van der Waals surface area (Å²) in [5.74, 6) is 0. The highest BCUT2D eigenvalue weighted by Crippen LogP contribution is 2.25. The van der Waals surface area contributed by atoms with Crippen LogP contribution in [0.25, 0.3) is 0 Å². The van der Waals surface area contributed by atoms with Crippen LogP contribution in [0.5, 0.6) is 0 Å². The van der Waals surface area contributed by atoms with Crippen molar-refractivity contribution in [2.24, 2.45) is 0 Å². The minimum Gasteiger partial charge on any atom is -0.347 e. The Labute approximate surface area is 116 Å². The second kappa shape index (κ2) is 5.83. The van der Waals surface area contributed by atoms with Gasteiger partial charge in [0.15, 0.2) is 0 Å². The summed E-state index contributed by atoms with van der Waals surface area (Å²) in [4.78, 5) is 8.85. The first-order valence-electron chi connectivity index (χ1n) is 5.74. The number of aryl methyl sites for hydroxylation is 1. The maximum atomic E-state index is 12.2. The van der Waals surface area contributed by atoms with Gasteiger partial charge >= 0.3 is 0 Å². The van der Waals surface area contributed by atoms with Crippen LogP contribution in [0, 0.1) is 6.92 Å². The third kappa shape index (κ3) is 3.41. The van der Waals surface area contributed by atoms with E-state index >= 15 is 0 Å². The summed E-state index contributed by atoms with van der Waals surface area (Å²) in [6, 6.07) is 1.71. The highest BCUT2D eigenvalue weighted by molar-refractivity contribution is 7.89. The van der Waals surface area contributed by atoms with E-state index in [-0.39, 0.29) is 6.54 Å². The molecular weight excluding hydrogens is 284 g/mol. The Morgan fingerprint density at radius 2 is 2.21 bits per heavy atom. The Morgan fingerprint density at radius 3 is 2.84 bits per heavy atom. The number of hydrogen-bond acceptors (Lipinski definition) is 5. The van der Waals surface area contributed by atoms with Crippen LogP contribution in [0.3, 0.4) is 0 Å². The summed E-state index contributed by atoms with van der Waals surface area (Å²) in [5.41, 5.74) is 0.729. The third-order valence-corrected chi connectivity index (χ3v) is 5.28. The fourth-order valence-electron chi connectivity index (χ4n) is 1.68. The molecule has 0 aromatic carbocycles. The molecule has 0 bridgehead atoms. The first-order valence-corrected chi connectivity index (χ1v) is 8.03. The second-order valence-corrected chi connectivity index (χ2v) is 7.14. The van der Waals surface area contributed by atoms with Gasteiger partial charge in [-0.15, -0.1) is 11.3 Å². The SMILES string of the molecule is CNCc1cc(S(=O)(=O)NCc2cnc[nH]2)c(C)s1. The van der Waals surface area contributed by atoms with Crippen molar-refractivity contribution in [2.75, 3.05) is 7.05 Å². The first-order chi connectivity index (χ1) is 9.03. The molecule has 0 radical (unpaired) electrons. The van der Waals surface area contributed by atoms with E-state index in [1.807, 2.05) is 14.0 Å². The van der Waals surface area contributed by atoms with Gasteiger partial charge in [-0.05, 0) is 20.0 Å². The van der Waals surface area contributed by atoms with E-state index in [0.717, 1.165) is 15.4 Å². The number of thiophene rings is 1. The van der Waals surface area contributed by atoms with Gasteiger partial charge < -0.3 is 10.3 Å². The Balaban J connectivity index is 2.14. The van der Waals surface area contributed by atoms with Crippen LogP contribution in [0.2, 0.25) is 0 Å². The van der Waals surface area contributed by atoms with Crippen molar-refractivity contribution in [3.63, 3.8) is 0 Å². The topological polar surface area (TPSA) is 86.9 Å². The molecule has 2 aromatic rings. The molecule has 0 fully saturated rings. The lowest BCUT2D eigenvalue weighted by Crippen LogP contribution is -2.23. The summed E-state index contributed by atoms with van der Waals surface area (Å²) in [6.45, 7) is 2.69. The van der Waals surface area contributed by atoms with Crippen molar-refractivity contribution in [3.8, 4) is 0 Å². The van der Waals surface area contributed by atoms with Crippen molar-refractivity contribution in [1.82, 2.24) is 20.0 Å². The maximum absolute atomic E-state index is 12.2. The minimum atomic E-state index is -3.48. The number of sulfonamides is 1. The van der Waals surface area contributed by atoms with Crippen molar-refractivity contribution in [3.05, 3.63) is 34.0 Å². The number of nitrogens with zero attached hydrogens (tertiary/aromatic N) is 1. The minimum absolute atomic E-state index is 0.207. The number of H-pyrrole nitrogens is 1. The predicted octanol–water partition coefficient (Wildman–Crippen LogP) is 0.978. The lowest BCUT2D eigenvalue weighted by molar-refractivity contribution is 0.580. The molecule has 0 atom stereocenters. The van der Waals surface area contributed by atoms with Gasteiger partial charge in [0.1, 0.15) is 0 Å². The summed E-state index contributed by atoms with van der Waals surface area (Å²) in [5, 5.41) is 3.01. The summed E-state index contributed by atoms with van der Waals surface area (Å²) >= 11 is 1.49. The van der Waals surface area contributed by atoms with Crippen molar-refractivity contribution in [2.45, 2.75) is 24.9 Å². The molecule has 2 heterocycles. The van der Waals surface area contributed by atoms with Gasteiger partial charge in [-0.25, -0.2) is 18.1 Å². The molecule has 3 N–H and O–H groups in total. The molecular formula is C11H16N4O2S2. The number of hydrogen-bond donors (Lipinski definition) is 3. The van der Waals surface area contributed by atoms with E-state index < -0.39 is 10.0 Å². The molecule has 19 heavy (non-hydrogen) atoms.